The number of ether oxygens (including phenoxy) is 1. The van der Waals surface area contributed by atoms with Gasteiger partial charge >= 0.3 is 12.1 Å². The first-order valence-corrected chi connectivity index (χ1v) is 11.6. The number of carboxylic acids is 1. The van der Waals surface area contributed by atoms with Crippen molar-refractivity contribution < 1.29 is 24.2 Å². The van der Waals surface area contributed by atoms with E-state index in [9.17, 15) is 19.5 Å². The number of nitrogens with one attached hydrogen (secondary N) is 2. The zero-order valence-corrected chi connectivity index (χ0v) is 18.8. The summed E-state index contributed by atoms with van der Waals surface area (Å²) in [5, 5.41) is 14.7. The molecule has 0 radical (unpaired) electrons. The van der Waals surface area contributed by atoms with Crippen molar-refractivity contribution in [2.75, 3.05) is 6.61 Å². The second-order valence-electron chi connectivity index (χ2n) is 8.77. The molecule has 3 N–H and O–H groups in total. The molecule has 2 aliphatic rings. The first-order valence-electron chi connectivity index (χ1n) is 11.6. The van der Waals surface area contributed by atoms with E-state index in [1.165, 1.54) is 0 Å². The molecular formula is C26H30N2O5. The molecule has 1 fully saturated rings. The number of alkyl carbamates (subject to hydrolysis) is 1. The Labute approximate surface area is 193 Å². The van der Waals surface area contributed by atoms with Gasteiger partial charge in [0.2, 0.25) is 5.91 Å². The Morgan fingerprint density at radius 1 is 1.00 bits per heavy atom. The van der Waals surface area contributed by atoms with E-state index < -0.39 is 24.0 Å². The second-order valence-corrected chi connectivity index (χ2v) is 8.77. The minimum atomic E-state index is -1.05. The van der Waals surface area contributed by atoms with Gasteiger partial charge in [-0.1, -0.05) is 68.3 Å². The zero-order chi connectivity index (χ0) is 23.4. The maximum atomic E-state index is 12.7. The van der Waals surface area contributed by atoms with Crippen LogP contribution in [0.25, 0.3) is 11.1 Å². The number of rotatable bonds is 7. The van der Waals surface area contributed by atoms with Crippen molar-refractivity contribution in [1.82, 2.24) is 10.6 Å². The van der Waals surface area contributed by atoms with Crippen LogP contribution >= 0.6 is 0 Å². The number of hydrogen-bond donors (Lipinski definition) is 3. The molecule has 0 aromatic heterocycles. The number of fused-ring (bicyclic) bond motifs is 3. The fourth-order valence-electron chi connectivity index (χ4n) is 5.03. The standard InChI is InChI=1S/C26H30N2O5/c1-2-22(25(30)31)27-24(29)20-13-7-8-14-23(20)28-26(32)33-15-21-18-11-5-3-9-16(18)17-10-4-6-12-19(17)21/h3-6,9-12,20-23H,2,7-8,13-15H2,1H3,(H,27,29)(H,28,32)(H,30,31)/t20-,22?,23+/m1/s1. The van der Waals surface area contributed by atoms with Crippen LogP contribution < -0.4 is 10.6 Å². The van der Waals surface area contributed by atoms with Gasteiger partial charge < -0.3 is 20.5 Å². The van der Waals surface area contributed by atoms with Crippen LogP contribution in [-0.2, 0) is 14.3 Å². The zero-order valence-electron chi connectivity index (χ0n) is 18.8. The van der Waals surface area contributed by atoms with Gasteiger partial charge in [-0.15, -0.1) is 0 Å². The van der Waals surface area contributed by atoms with Gasteiger partial charge in [-0.2, -0.15) is 0 Å². The SMILES string of the molecule is CCC(NC(=O)[C@@H]1CCCC[C@@H]1NC(=O)OCC1c2ccccc2-c2ccccc21)C(=O)O. The van der Waals surface area contributed by atoms with Crippen LogP contribution in [0.4, 0.5) is 4.79 Å². The predicted molar refractivity (Wildman–Crippen MR) is 124 cm³/mol. The van der Waals surface area contributed by atoms with Crippen molar-refractivity contribution in [1.29, 1.82) is 0 Å². The summed E-state index contributed by atoms with van der Waals surface area (Å²) in [4.78, 5) is 36.7. The number of carboxylic acid groups (broad SMARTS) is 1. The van der Waals surface area contributed by atoms with Gasteiger partial charge in [-0.25, -0.2) is 9.59 Å². The van der Waals surface area contributed by atoms with E-state index in [0.29, 0.717) is 19.3 Å². The van der Waals surface area contributed by atoms with E-state index >= 15 is 0 Å². The lowest BCUT2D eigenvalue weighted by molar-refractivity contribution is -0.143. The summed E-state index contributed by atoms with van der Waals surface area (Å²) in [6.45, 7) is 1.92. The molecule has 0 saturated heterocycles. The highest BCUT2D eigenvalue weighted by molar-refractivity contribution is 5.86. The Bertz CT molecular complexity index is 991. The van der Waals surface area contributed by atoms with Crippen LogP contribution in [-0.4, -0.2) is 41.8 Å². The van der Waals surface area contributed by atoms with Crippen LogP contribution in [0.2, 0.25) is 0 Å². The first kappa shape index (κ1) is 22.8. The third kappa shape index (κ3) is 4.87. The summed E-state index contributed by atoms with van der Waals surface area (Å²) in [6.07, 6.45) is 2.78. The van der Waals surface area contributed by atoms with E-state index in [2.05, 4.69) is 34.9 Å². The van der Waals surface area contributed by atoms with Crippen molar-refractivity contribution >= 4 is 18.0 Å². The molecule has 174 valence electrons. The number of benzene rings is 2. The third-order valence-corrected chi connectivity index (χ3v) is 6.77. The molecule has 4 rings (SSSR count). The molecule has 1 saturated carbocycles. The average molecular weight is 451 g/mol. The number of hydrogen-bond acceptors (Lipinski definition) is 4. The molecule has 2 aliphatic carbocycles. The van der Waals surface area contributed by atoms with Crippen LogP contribution in [0, 0.1) is 5.92 Å². The lowest BCUT2D eigenvalue weighted by Gasteiger charge is -2.31. The fraction of sp³-hybridized carbons (Fsp3) is 0.423. The van der Waals surface area contributed by atoms with Gasteiger partial charge in [0.05, 0.1) is 5.92 Å². The third-order valence-electron chi connectivity index (χ3n) is 6.77. The molecular weight excluding hydrogens is 420 g/mol. The van der Waals surface area contributed by atoms with Crippen LogP contribution in [0.3, 0.4) is 0 Å². The smallest absolute Gasteiger partial charge is 0.407 e. The maximum absolute atomic E-state index is 12.7. The van der Waals surface area contributed by atoms with Gasteiger partial charge in [-0.05, 0) is 41.5 Å². The van der Waals surface area contributed by atoms with Gasteiger partial charge in [-0.3, -0.25) is 4.79 Å². The summed E-state index contributed by atoms with van der Waals surface area (Å²) in [5.74, 6) is -1.88. The van der Waals surface area contributed by atoms with Crippen molar-refractivity contribution in [3.63, 3.8) is 0 Å². The van der Waals surface area contributed by atoms with E-state index in [4.69, 9.17) is 4.74 Å². The van der Waals surface area contributed by atoms with E-state index in [-0.39, 0.29) is 24.5 Å². The van der Waals surface area contributed by atoms with Crippen LogP contribution in [0.5, 0.6) is 0 Å². The maximum Gasteiger partial charge on any atom is 0.407 e. The summed E-state index contributed by atoms with van der Waals surface area (Å²) < 4.78 is 5.64. The molecule has 7 nitrogen and oxygen atoms in total. The largest absolute Gasteiger partial charge is 0.480 e. The minimum Gasteiger partial charge on any atom is -0.480 e. The molecule has 2 amide bonds. The Morgan fingerprint density at radius 3 is 2.21 bits per heavy atom. The fourth-order valence-corrected chi connectivity index (χ4v) is 5.03. The van der Waals surface area contributed by atoms with Gasteiger partial charge in [0.25, 0.3) is 0 Å². The number of amides is 2. The molecule has 2 aromatic carbocycles. The Balaban J connectivity index is 1.39. The summed E-state index contributed by atoms with van der Waals surface area (Å²) in [7, 11) is 0. The molecule has 33 heavy (non-hydrogen) atoms. The average Bonchev–Trinajstić information content (AvgIpc) is 3.15. The van der Waals surface area contributed by atoms with Crippen LogP contribution in [0.15, 0.2) is 48.5 Å². The van der Waals surface area contributed by atoms with Gasteiger partial charge in [0, 0.05) is 12.0 Å². The monoisotopic (exact) mass is 450 g/mol. The highest BCUT2D eigenvalue weighted by atomic mass is 16.5. The number of carbonyl (C=O) groups excluding carboxylic acids is 2. The second kappa shape index (κ2) is 10.1. The topological polar surface area (TPSA) is 105 Å². The van der Waals surface area contributed by atoms with Crippen molar-refractivity contribution in [3.05, 3.63) is 59.7 Å². The quantitative estimate of drug-likeness (QED) is 0.590. The Kier molecular flexibility index (Phi) is 6.96. The lowest BCUT2D eigenvalue weighted by atomic mass is 9.83. The Hall–Kier alpha value is -3.35. The molecule has 0 aliphatic heterocycles. The molecule has 3 atom stereocenters. The molecule has 2 aromatic rings. The highest BCUT2D eigenvalue weighted by Gasteiger charge is 2.35. The van der Waals surface area contributed by atoms with E-state index in [0.717, 1.165) is 35.1 Å². The lowest BCUT2D eigenvalue weighted by Crippen LogP contribution is -2.51. The minimum absolute atomic E-state index is 0.0329. The summed E-state index contributed by atoms with van der Waals surface area (Å²) in [5.41, 5.74) is 4.60. The summed E-state index contributed by atoms with van der Waals surface area (Å²) in [6, 6.07) is 15.0. The number of aliphatic carboxylic acids is 1. The first-order chi connectivity index (χ1) is 16.0. The van der Waals surface area contributed by atoms with Crippen molar-refractivity contribution in [3.8, 4) is 11.1 Å². The Morgan fingerprint density at radius 2 is 1.61 bits per heavy atom. The highest BCUT2D eigenvalue weighted by Crippen LogP contribution is 2.44. The van der Waals surface area contributed by atoms with Crippen LogP contribution in [0.1, 0.15) is 56.1 Å². The van der Waals surface area contributed by atoms with Gasteiger partial charge in [0.1, 0.15) is 12.6 Å². The normalized spacial score (nSPS) is 20.3. The van der Waals surface area contributed by atoms with Crippen molar-refractivity contribution in [2.45, 2.75) is 57.0 Å². The van der Waals surface area contributed by atoms with E-state index in [1.807, 2.05) is 24.3 Å². The van der Waals surface area contributed by atoms with Crippen molar-refractivity contribution in [2.24, 2.45) is 5.92 Å². The molecule has 0 heterocycles. The van der Waals surface area contributed by atoms with Gasteiger partial charge in [0.15, 0.2) is 0 Å². The molecule has 0 spiro atoms. The van der Waals surface area contributed by atoms with E-state index in [1.54, 1.807) is 6.92 Å². The predicted octanol–water partition coefficient (Wildman–Crippen LogP) is 4.06. The molecule has 1 unspecified atom stereocenters. The summed E-state index contributed by atoms with van der Waals surface area (Å²) >= 11 is 0. The number of carbonyl (C=O) groups is 3. The molecule has 7 heteroatoms. The molecule has 0 bridgehead atoms.